The van der Waals surface area contributed by atoms with Crippen molar-refractivity contribution in [3.05, 3.63) is 22.4 Å². The third kappa shape index (κ3) is 4.60. The van der Waals surface area contributed by atoms with Gasteiger partial charge in [0.1, 0.15) is 0 Å². The molecule has 1 saturated heterocycles. The Morgan fingerprint density at radius 2 is 2.37 bits per heavy atom. The van der Waals surface area contributed by atoms with E-state index < -0.39 is 0 Å². The molecule has 0 spiro atoms. The normalized spacial score (nSPS) is 17.1. The lowest BCUT2D eigenvalue weighted by atomic mass is 10.3. The van der Waals surface area contributed by atoms with Gasteiger partial charge in [-0.1, -0.05) is 6.07 Å². The Morgan fingerprint density at radius 1 is 1.47 bits per heavy atom. The van der Waals surface area contributed by atoms with Crippen molar-refractivity contribution in [1.29, 1.82) is 0 Å². The molecule has 1 aliphatic rings. The third-order valence-electron chi connectivity index (χ3n) is 3.45. The van der Waals surface area contributed by atoms with Crippen molar-refractivity contribution < 1.29 is 4.79 Å². The predicted molar refractivity (Wildman–Crippen MR) is 79.3 cm³/mol. The maximum atomic E-state index is 12.3. The summed E-state index contributed by atoms with van der Waals surface area (Å²) in [5.74, 6) is 0.248. The van der Waals surface area contributed by atoms with Crippen molar-refractivity contribution in [2.45, 2.75) is 19.9 Å². The Morgan fingerprint density at radius 3 is 3.11 bits per heavy atom. The van der Waals surface area contributed by atoms with Crippen molar-refractivity contribution >= 4 is 17.2 Å². The number of likely N-dealkylation sites (N-methyl/N-ethyl adjacent to an activating group) is 1. The summed E-state index contributed by atoms with van der Waals surface area (Å²) in [6.07, 6.45) is 1.13. The highest BCUT2D eigenvalue weighted by Crippen LogP contribution is 2.12. The van der Waals surface area contributed by atoms with Crippen molar-refractivity contribution in [2.75, 3.05) is 39.3 Å². The first-order chi connectivity index (χ1) is 9.29. The molecule has 0 aromatic carbocycles. The van der Waals surface area contributed by atoms with Crippen molar-refractivity contribution in [3.8, 4) is 0 Å². The second-order valence-electron chi connectivity index (χ2n) is 4.87. The molecule has 19 heavy (non-hydrogen) atoms. The fourth-order valence-electron chi connectivity index (χ4n) is 2.32. The summed E-state index contributed by atoms with van der Waals surface area (Å²) < 4.78 is 0. The van der Waals surface area contributed by atoms with E-state index >= 15 is 0 Å². The number of carbonyl (C=O) groups is 1. The van der Waals surface area contributed by atoms with E-state index in [0.29, 0.717) is 6.54 Å². The van der Waals surface area contributed by atoms with Gasteiger partial charge < -0.3 is 10.2 Å². The highest BCUT2D eigenvalue weighted by molar-refractivity contribution is 7.09. The molecule has 5 heteroatoms. The van der Waals surface area contributed by atoms with E-state index in [1.54, 1.807) is 11.3 Å². The van der Waals surface area contributed by atoms with Gasteiger partial charge in [0.05, 0.1) is 13.1 Å². The first-order valence-corrected chi connectivity index (χ1v) is 7.91. The first-order valence-electron chi connectivity index (χ1n) is 7.03. The Bertz CT molecular complexity index is 372. The zero-order chi connectivity index (χ0) is 13.5. The molecular formula is C14H23N3OS. The molecule has 2 heterocycles. The topological polar surface area (TPSA) is 35.6 Å². The number of nitrogens with one attached hydrogen (secondary N) is 1. The van der Waals surface area contributed by atoms with Crippen molar-refractivity contribution in [3.63, 3.8) is 0 Å². The molecule has 0 radical (unpaired) electrons. The molecule has 1 amide bonds. The van der Waals surface area contributed by atoms with Crippen molar-refractivity contribution in [2.24, 2.45) is 0 Å². The van der Waals surface area contributed by atoms with Crippen LogP contribution in [-0.4, -0.2) is 55.0 Å². The van der Waals surface area contributed by atoms with Crippen LogP contribution in [0.5, 0.6) is 0 Å². The first kappa shape index (κ1) is 14.5. The molecular weight excluding hydrogens is 258 g/mol. The predicted octanol–water partition coefficient (Wildman–Crippen LogP) is 1.39. The van der Waals surface area contributed by atoms with Crippen molar-refractivity contribution in [1.82, 2.24) is 15.1 Å². The fraction of sp³-hybridized carbons (Fsp3) is 0.643. The molecule has 0 atom stereocenters. The van der Waals surface area contributed by atoms with Crippen LogP contribution in [0.1, 0.15) is 18.2 Å². The summed E-state index contributed by atoms with van der Waals surface area (Å²) in [6.45, 7) is 8.19. The quantitative estimate of drug-likeness (QED) is 0.886. The third-order valence-corrected chi connectivity index (χ3v) is 4.31. The Labute approximate surface area is 119 Å². The summed E-state index contributed by atoms with van der Waals surface area (Å²) in [7, 11) is 0. The lowest BCUT2D eigenvalue weighted by Crippen LogP contribution is -2.41. The number of amides is 1. The number of thiophene rings is 1. The number of hydrogen-bond donors (Lipinski definition) is 1. The van der Waals surface area contributed by atoms with E-state index in [1.165, 1.54) is 4.88 Å². The number of nitrogens with zero attached hydrogens (tertiary/aromatic N) is 2. The van der Waals surface area contributed by atoms with Gasteiger partial charge in [0.15, 0.2) is 0 Å². The van der Waals surface area contributed by atoms with Crippen LogP contribution in [0.2, 0.25) is 0 Å². The van der Waals surface area contributed by atoms with Gasteiger partial charge in [0.25, 0.3) is 0 Å². The van der Waals surface area contributed by atoms with E-state index in [1.807, 2.05) is 11.0 Å². The van der Waals surface area contributed by atoms with Gasteiger partial charge in [-0.25, -0.2) is 0 Å². The van der Waals surface area contributed by atoms with Crippen LogP contribution in [0.15, 0.2) is 17.5 Å². The molecule has 1 N–H and O–H groups in total. The second kappa shape index (κ2) is 7.62. The van der Waals surface area contributed by atoms with E-state index in [4.69, 9.17) is 0 Å². The zero-order valence-electron chi connectivity index (χ0n) is 11.6. The number of carbonyl (C=O) groups excluding carboxylic acids is 1. The summed E-state index contributed by atoms with van der Waals surface area (Å²) in [4.78, 5) is 17.8. The molecule has 0 aliphatic carbocycles. The Balaban J connectivity index is 1.85. The van der Waals surface area contributed by atoms with E-state index in [-0.39, 0.29) is 5.91 Å². The average Bonchev–Trinajstić information content (AvgIpc) is 2.79. The lowest BCUT2D eigenvalue weighted by molar-refractivity contribution is -0.132. The lowest BCUT2D eigenvalue weighted by Gasteiger charge is -2.25. The van der Waals surface area contributed by atoms with E-state index in [9.17, 15) is 4.79 Å². The fourth-order valence-corrected chi connectivity index (χ4v) is 3.04. The smallest absolute Gasteiger partial charge is 0.237 e. The minimum absolute atomic E-state index is 0.248. The van der Waals surface area contributed by atoms with Gasteiger partial charge in [0.2, 0.25) is 5.91 Å². The van der Waals surface area contributed by atoms with Gasteiger partial charge in [-0.3, -0.25) is 9.69 Å². The summed E-state index contributed by atoms with van der Waals surface area (Å²) in [5.41, 5.74) is 0. The molecule has 2 rings (SSSR count). The number of rotatable bonds is 5. The standard InChI is InChI=1S/C14H23N3OS/c1-2-17(11-13-5-3-10-19-13)14(18)12-16-8-4-6-15-7-9-16/h3,5,10,15H,2,4,6-9,11-12H2,1H3. The molecule has 0 bridgehead atoms. The van der Waals surface area contributed by atoms with Crippen LogP contribution < -0.4 is 5.32 Å². The van der Waals surface area contributed by atoms with Crippen LogP contribution in [0.25, 0.3) is 0 Å². The minimum atomic E-state index is 0.248. The van der Waals surface area contributed by atoms with E-state index in [0.717, 1.165) is 45.7 Å². The van der Waals surface area contributed by atoms with Crippen LogP contribution >= 0.6 is 11.3 Å². The van der Waals surface area contributed by atoms with Gasteiger partial charge in [-0.05, 0) is 37.9 Å². The summed E-state index contributed by atoms with van der Waals surface area (Å²) >= 11 is 1.72. The van der Waals surface area contributed by atoms with Crippen LogP contribution in [0.3, 0.4) is 0 Å². The van der Waals surface area contributed by atoms with E-state index in [2.05, 4.69) is 28.6 Å². The van der Waals surface area contributed by atoms with Crippen LogP contribution in [0, 0.1) is 0 Å². The molecule has 106 valence electrons. The molecule has 1 fully saturated rings. The highest BCUT2D eigenvalue weighted by atomic mass is 32.1. The van der Waals surface area contributed by atoms with Gasteiger partial charge in [0, 0.05) is 24.5 Å². The largest absolute Gasteiger partial charge is 0.337 e. The molecule has 0 unspecified atom stereocenters. The molecule has 4 nitrogen and oxygen atoms in total. The minimum Gasteiger partial charge on any atom is -0.337 e. The van der Waals surface area contributed by atoms with Crippen LogP contribution in [0.4, 0.5) is 0 Å². The monoisotopic (exact) mass is 281 g/mol. The maximum Gasteiger partial charge on any atom is 0.237 e. The summed E-state index contributed by atoms with van der Waals surface area (Å²) in [5, 5.41) is 5.43. The SMILES string of the molecule is CCN(Cc1cccs1)C(=O)CN1CCCNCC1. The van der Waals surface area contributed by atoms with Crippen LogP contribution in [-0.2, 0) is 11.3 Å². The van der Waals surface area contributed by atoms with Gasteiger partial charge >= 0.3 is 0 Å². The zero-order valence-corrected chi connectivity index (χ0v) is 12.4. The van der Waals surface area contributed by atoms with Gasteiger partial charge in [-0.2, -0.15) is 0 Å². The highest BCUT2D eigenvalue weighted by Gasteiger charge is 2.17. The summed E-state index contributed by atoms with van der Waals surface area (Å²) in [6, 6.07) is 4.13. The molecule has 1 aliphatic heterocycles. The maximum absolute atomic E-state index is 12.3. The molecule has 1 aromatic heterocycles. The van der Waals surface area contributed by atoms with Gasteiger partial charge in [-0.15, -0.1) is 11.3 Å². The Hall–Kier alpha value is -0.910. The Kier molecular flexibility index (Phi) is 5.82. The second-order valence-corrected chi connectivity index (χ2v) is 5.90. The number of hydrogen-bond acceptors (Lipinski definition) is 4. The molecule has 1 aromatic rings. The average molecular weight is 281 g/mol. The molecule has 0 saturated carbocycles.